The summed E-state index contributed by atoms with van der Waals surface area (Å²) in [5, 5.41) is 2.36. The summed E-state index contributed by atoms with van der Waals surface area (Å²) in [6, 6.07) is 8.53. The molecular formula is C11H17BrN+. The zero-order valence-corrected chi connectivity index (χ0v) is 9.84. The molecule has 0 aliphatic heterocycles. The molecule has 0 spiro atoms. The largest absolute Gasteiger partial charge is 0.342 e. The zero-order chi connectivity index (χ0) is 9.68. The Morgan fingerprint density at radius 2 is 1.85 bits per heavy atom. The van der Waals surface area contributed by atoms with Gasteiger partial charge in [0.05, 0.1) is 6.54 Å². The second kappa shape index (κ2) is 5.40. The van der Waals surface area contributed by atoms with Gasteiger partial charge in [-0.1, -0.05) is 41.9 Å². The molecule has 1 nitrogen and oxygen atoms in total. The first-order chi connectivity index (χ1) is 6.18. The second-order valence-electron chi connectivity index (χ2n) is 3.75. The maximum Gasteiger partial charge on any atom is 0.101 e. The van der Waals surface area contributed by atoms with Crippen LogP contribution in [0.1, 0.15) is 19.4 Å². The Morgan fingerprint density at radius 3 is 2.38 bits per heavy atom. The molecule has 72 valence electrons. The second-order valence-corrected chi connectivity index (χ2v) is 4.66. The molecule has 13 heavy (non-hydrogen) atoms. The van der Waals surface area contributed by atoms with Gasteiger partial charge in [-0.3, -0.25) is 0 Å². The van der Waals surface area contributed by atoms with E-state index in [1.54, 1.807) is 0 Å². The van der Waals surface area contributed by atoms with Crippen molar-refractivity contribution in [2.45, 2.75) is 20.4 Å². The summed E-state index contributed by atoms with van der Waals surface area (Å²) >= 11 is 3.43. The maximum absolute atomic E-state index is 3.43. The monoisotopic (exact) mass is 242 g/mol. The molecule has 0 fully saturated rings. The SMILES string of the molecule is CC(C)C[NH2+]Cc1ccc(Br)cc1. The molecule has 0 radical (unpaired) electrons. The van der Waals surface area contributed by atoms with Crippen LogP contribution < -0.4 is 5.32 Å². The van der Waals surface area contributed by atoms with Crippen molar-refractivity contribution in [2.24, 2.45) is 5.92 Å². The van der Waals surface area contributed by atoms with Crippen LogP contribution in [0.3, 0.4) is 0 Å². The minimum Gasteiger partial charge on any atom is -0.342 e. The minimum atomic E-state index is 0.774. The molecule has 1 aromatic carbocycles. The van der Waals surface area contributed by atoms with Crippen LogP contribution in [-0.4, -0.2) is 6.54 Å². The van der Waals surface area contributed by atoms with Crippen LogP contribution in [0.4, 0.5) is 0 Å². The van der Waals surface area contributed by atoms with Crippen molar-refractivity contribution in [3.8, 4) is 0 Å². The number of nitrogens with two attached hydrogens (primary N) is 1. The Hall–Kier alpha value is -0.340. The van der Waals surface area contributed by atoms with Gasteiger partial charge in [0.1, 0.15) is 6.54 Å². The maximum atomic E-state index is 3.43. The van der Waals surface area contributed by atoms with Gasteiger partial charge < -0.3 is 5.32 Å². The average Bonchev–Trinajstić information content (AvgIpc) is 2.08. The highest BCUT2D eigenvalue weighted by atomic mass is 79.9. The summed E-state index contributed by atoms with van der Waals surface area (Å²) in [4.78, 5) is 0. The molecule has 0 saturated heterocycles. The first kappa shape index (κ1) is 10.7. The highest BCUT2D eigenvalue weighted by Gasteiger charge is 1.97. The van der Waals surface area contributed by atoms with Crippen LogP contribution >= 0.6 is 15.9 Å². The third kappa shape index (κ3) is 4.44. The van der Waals surface area contributed by atoms with Crippen LogP contribution in [0, 0.1) is 5.92 Å². The van der Waals surface area contributed by atoms with Crippen molar-refractivity contribution >= 4 is 15.9 Å². The highest BCUT2D eigenvalue weighted by molar-refractivity contribution is 9.10. The van der Waals surface area contributed by atoms with Crippen LogP contribution in [0.2, 0.25) is 0 Å². The predicted octanol–water partition coefficient (Wildman–Crippen LogP) is 2.17. The van der Waals surface area contributed by atoms with Gasteiger partial charge in [0, 0.05) is 16.0 Å². The van der Waals surface area contributed by atoms with Crippen molar-refractivity contribution in [1.82, 2.24) is 0 Å². The van der Waals surface area contributed by atoms with Gasteiger partial charge >= 0.3 is 0 Å². The van der Waals surface area contributed by atoms with Crippen molar-refractivity contribution in [1.29, 1.82) is 0 Å². The van der Waals surface area contributed by atoms with E-state index in [-0.39, 0.29) is 0 Å². The molecular weight excluding hydrogens is 226 g/mol. The fourth-order valence-corrected chi connectivity index (χ4v) is 1.47. The third-order valence-corrected chi connectivity index (χ3v) is 2.46. The lowest BCUT2D eigenvalue weighted by atomic mass is 10.2. The van der Waals surface area contributed by atoms with Gasteiger partial charge in [-0.15, -0.1) is 0 Å². The summed E-state index contributed by atoms with van der Waals surface area (Å²) in [6.45, 7) is 6.79. The minimum absolute atomic E-state index is 0.774. The molecule has 0 unspecified atom stereocenters. The summed E-state index contributed by atoms with van der Waals surface area (Å²) in [5.74, 6) is 0.774. The fraction of sp³-hybridized carbons (Fsp3) is 0.455. The van der Waals surface area contributed by atoms with Crippen molar-refractivity contribution in [2.75, 3.05) is 6.54 Å². The zero-order valence-electron chi connectivity index (χ0n) is 8.26. The number of rotatable bonds is 4. The van der Waals surface area contributed by atoms with Crippen molar-refractivity contribution in [3.05, 3.63) is 34.3 Å². The van der Waals surface area contributed by atoms with Gasteiger partial charge in [0.25, 0.3) is 0 Å². The topological polar surface area (TPSA) is 16.6 Å². The van der Waals surface area contributed by atoms with Gasteiger partial charge in [-0.2, -0.15) is 0 Å². The number of benzene rings is 1. The Labute approximate surface area is 88.7 Å². The third-order valence-electron chi connectivity index (χ3n) is 1.93. The van der Waals surface area contributed by atoms with Gasteiger partial charge in [0.15, 0.2) is 0 Å². The average molecular weight is 243 g/mol. The lowest BCUT2D eigenvalue weighted by Crippen LogP contribution is -2.83. The van der Waals surface area contributed by atoms with E-state index in [9.17, 15) is 0 Å². The molecule has 0 aromatic heterocycles. The van der Waals surface area contributed by atoms with E-state index >= 15 is 0 Å². The molecule has 1 aromatic rings. The number of quaternary nitrogens is 1. The van der Waals surface area contributed by atoms with E-state index in [0.29, 0.717) is 0 Å². The molecule has 0 saturated carbocycles. The fourth-order valence-electron chi connectivity index (χ4n) is 1.20. The van der Waals surface area contributed by atoms with Gasteiger partial charge in [-0.05, 0) is 12.1 Å². The van der Waals surface area contributed by atoms with E-state index in [1.807, 2.05) is 0 Å². The Kier molecular flexibility index (Phi) is 4.46. The van der Waals surface area contributed by atoms with Crippen molar-refractivity contribution < 1.29 is 5.32 Å². The van der Waals surface area contributed by atoms with Crippen molar-refractivity contribution in [3.63, 3.8) is 0 Å². The molecule has 0 aliphatic rings. The highest BCUT2D eigenvalue weighted by Crippen LogP contribution is 2.09. The normalized spacial score (nSPS) is 10.8. The lowest BCUT2D eigenvalue weighted by molar-refractivity contribution is -0.675. The molecule has 0 aliphatic carbocycles. The molecule has 2 N–H and O–H groups in total. The number of hydrogen-bond donors (Lipinski definition) is 1. The first-order valence-electron chi connectivity index (χ1n) is 4.74. The molecule has 0 amide bonds. The van der Waals surface area contributed by atoms with Gasteiger partial charge in [-0.25, -0.2) is 0 Å². The van der Waals surface area contributed by atoms with Crippen LogP contribution in [0.5, 0.6) is 0 Å². The Balaban J connectivity index is 2.33. The molecule has 1 rings (SSSR count). The van der Waals surface area contributed by atoms with Gasteiger partial charge in [0.2, 0.25) is 0 Å². The van der Waals surface area contributed by atoms with Crippen LogP contribution in [-0.2, 0) is 6.54 Å². The Morgan fingerprint density at radius 1 is 1.23 bits per heavy atom. The lowest BCUT2D eigenvalue weighted by Gasteiger charge is -2.04. The first-order valence-corrected chi connectivity index (χ1v) is 5.54. The quantitative estimate of drug-likeness (QED) is 0.834. The van der Waals surface area contributed by atoms with E-state index in [2.05, 4.69) is 59.4 Å². The van der Waals surface area contributed by atoms with Crippen LogP contribution in [0.15, 0.2) is 28.7 Å². The van der Waals surface area contributed by atoms with E-state index in [1.165, 1.54) is 12.1 Å². The molecule has 2 heteroatoms. The summed E-state index contributed by atoms with van der Waals surface area (Å²) in [5.41, 5.74) is 1.39. The summed E-state index contributed by atoms with van der Waals surface area (Å²) in [6.07, 6.45) is 0. The smallest absolute Gasteiger partial charge is 0.101 e. The standard InChI is InChI=1S/C11H16BrN/c1-9(2)7-13-8-10-3-5-11(12)6-4-10/h3-6,9,13H,7-8H2,1-2H3/p+1. The summed E-state index contributed by atoms with van der Waals surface area (Å²) < 4.78 is 1.15. The summed E-state index contributed by atoms with van der Waals surface area (Å²) in [7, 11) is 0. The van der Waals surface area contributed by atoms with E-state index in [4.69, 9.17) is 0 Å². The number of hydrogen-bond acceptors (Lipinski definition) is 0. The molecule has 0 bridgehead atoms. The predicted molar refractivity (Wildman–Crippen MR) is 59.5 cm³/mol. The number of halogens is 1. The molecule has 0 heterocycles. The Bertz CT molecular complexity index is 241. The van der Waals surface area contributed by atoms with Crippen LogP contribution in [0.25, 0.3) is 0 Å². The molecule has 0 atom stereocenters. The van der Waals surface area contributed by atoms with E-state index < -0.39 is 0 Å². The van der Waals surface area contributed by atoms with E-state index in [0.717, 1.165) is 16.9 Å².